The van der Waals surface area contributed by atoms with Gasteiger partial charge in [0.15, 0.2) is 5.16 Å². The quantitative estimate of drug-likeness (QED) is 0.355. The second kappa shape index (κ2) is 8.48. The van der Waals surface area contributed by atoms with Crippen LogP contribution in [0.4, 0.5) is 0 Å². The molecule has 0 atom stereocenters. The van der Waals surface area contributed by atoms with Crippen LogP contribution >= 0.6 is 11.8 Å². The fourth-order valence-electron chi connectivity index (χ4n) is 2.07. The summed E-state index contributed by atoms with van der Waals surface area (Å²) in [4.78, 5) is 20.5. The van der Waals surface area contributed by atoms with E-state index in [1.807, 2.05) is 19.9 Å². The van der Waals surface area contributed by atoms with Gasteiger partial charge in [0.25, 0.3) is 5.91 Å². The van der Waals surface area contributed by atoms with E-state index >= 15 is 0 Å². The summed E-state index contributed by atoms with van der Waals surface area (Å²) < 4.78 is 5.03. The monoisotopic (exact) mass is 360 g/mol. The zero-order valence-corrected chi connectivity index (χ0v) is 15.3. The van der Waals surface area contributed by atoms with E-state index in [0.29, 0.717) is 22.2 Å². The fourth-order valence-corrected chi connectivity index (χ4v) is 2.81. The zero-order chi connectivity index (χ0) is 18.4. The number of phenols is 1. The van der Waals surface area contributed by atoms with Gasteiger partial charge in [0.05, 0.1) is 18.6 Å². The Labute approximate surface area is 150 Å². The molecule has 0 aliphatic rings. The van der Waals surface area contributed by atoms with Crippen molar-refractivity contribution in [3.05, 3.63) is 41.2 Å². The highest BCUT2D eigenvalue weighted by Gasteiger charge is 2.08. The number of hydrazone groups is 1. The third-order valence-electron chi connectivity index (χ3n) is 3.24. The van der Waals surface area contributed by atoms with Gasteiger partial charge in [-0.25, -0.2) is 15.4 Å². The largest absolute Gasteiger partial charge is 0.507 e. The van der Waals surface area contributed by atoms with Crippen LogP contribution in [-0.2, 0) is 4.79 Å². The summed E-state index contributed by atoms with van der Waals surface area (Å²) in [7, 11) is 1.52. The number of aromatic nitrogens is 2. The van der Waals surface area contributed by atoms with Gasteiger partial charge in [-0.2, -0.15) is 5.10 Å². The number of nitrogens with one attached hydrogen (secondary N) is 1. The van der Waals surface area contributed by atoms with Crippen molar-refractivity contribution in [2.45, 2.75) is 25.9 Å². The number of ether oxygens (including phenoxy) is 1. The van der Waals surface area contributed by atoms with Crippen LogP contribution in [0, 0.1) is 13.8 Å². The van der Waals surface area contributed by atoms with Crippen molar-refractivity contribution in [3.8, 4) is 11.5 Å². The molecule has 0 saturated carbocycles. The van der Waals surface area contributed by atoms with Gasteiger partial charge < -0.3 is 9.84 Å². The van der Waals surface area contributed by atoms with Gasteiger partial charge in [-0.1, -0.05) is 11.8 Å². The molecule has 1 amide bonds. The predicted octanol–water partition coefficient (Wildman–Crippen LogP) is 2.44. The first kappa shape index (κ1) is 18.7. The number of nitrogens with zero attached hydrogens (tertiary/aromatic N) is 3. The summed E-state index contributed by atoms with van der Waals surface area (Å²) in [6.45, 7) is 5.46. The lowest BCUT2D eigenvalue weighted by Crippen LogP contribution is -2.21. The first-order chi connectivity index (χ1) is 11.9. The summed E-state index contributed by atoms with van der Waals surface area (Å²) in [5.41, 5.74) is 5.19. The van der Waals surface area contributed by atoms with Crippen molar-refractivity contribution >= 4 is 23.4 Å². The number of phenolic OH excluding ortho intramolecular Hbond substituents is 1. The Balaban J connectivity index is 1.95. The molecule has 132 valence electrons. The predicted molar refractivity (Wildman–Crippen MR) is 97.2 cm³/mol. The average molecular weight is 360 g/mol. The highest BCUT2D eigenvalue weighted by molar-refractivity contribution is 7.99. The van der Waals surface area contributed by atoms with Crippen molar-refractivity contribution in [2.24, 2.45) is 5.10 Å². The Kier molecular flexibility index (Phi) is 6.35. The van der Waals surface area contributed by atoms with Crippen LogP contribution in [-0.4, -0.2) is 39.6 Å². The molecule has 0 bridgehead atoms. The molecule has 8 heteroatoms. The highest BCUT2D eigenvalue weighted by atomic mass is 32.2. The van der Waals surface area contributed by atoms with Crippen LogP contribution < -0.4 is 10.2 Å². The van der Waals surface area contributed by atoms with E-state index in [0.717, 1.165) is 11.4 Å². The molecule has 2 aromatic rings. The smallest absolute Gasteiger partial charge is 0.250 e. The molecule has 0 saturated heterocycles. The molecule has 2 N–H and O–H groups in total. The molecule has 0 aliphatic heterocycles. The number of aryl methyl sites for hydroxylation is 2. The summed E-state index contributed by atoms with van der Waals surface area (Å²) in [5.74, 6) is 0.449. The maximum atomic E-state index is 11.9. The van der Waals surface area contributed by atoms with Gasteiger partial charge in [0, 0.05) is 23.0 Å². The number of amides is 1. The number of hydrogen-bond acceptors (Lipinski definition) is 7. The normalized spacial score (nSPS) is 11.3. The molecule has 0 fully saturated rings. The molecule has 25 heavy (non-hydrogen) atoms. The number of carbonyl (C=O) groups is 1. The molecule has 1 aromatic heterocycles. The molecule has 0 spiro atoms. The number of aromatic hydroxyl groups is 1. The lowest BCUT2D eigenvalue weighted by molar-refractivity contribution is -0.118. The molecule has 1 heterocycles. The third-order valence-corrected chi connectivity index (χ3v) is 4.08. The first-order valence-electron chi connectivity index (χ1n) is 7.54. The van der Waals surface area contributed by atoms with E-state index in [1.165, 1.54) is 24.9 Å². The lowest BCUT2D eigenvalue weighted by atomic mass is 10.1. The van der Waals surface area contributed by atoms with E-state index in [-0.39, 0.29) is 17.4 Å². The Hall–Kier alpha value is -2.61. The van der Waals surface area contributed by atoms with Crippen molar-refractivity contribution in [1.29, 1.82) is 0 Å². The first-order valence-corrected chi connectivity index (χ1v) is 8.53. The van der Waals surface area contributed by atoms with Crippen molar-refractivity contribution in [2.75, 3.05) is 12.9 Å². The fraction of sp³-hybridized carbons (Fsp3) is 0.294. The Morgan fingerprint density at radius 3 is 2.56 bits per heavy atom. The maximum Gasteiger partial charge on any atom is 0.250 e. The number of benzene rings is 1. The van der Waals surface area contributed by atoms with E-state index in [2.05, 4.69) is 20.5 Å². The SMILES string of the molecule is COc1ccc(/C(C)=N/NC(=O)CSc2nc(C)cc(C)n2)c(O)c1. The van der Waals surface area contributed by atoms with Crippen molar-refractivity contribution in [3.63, 3.8) is 0 Å². The molecular weight excluding hydrogens is 340 g/mol. The molecule has 0 unspecified atom stereocenters. The van der Waals surface area contributed by atoms with E-state index in [4.69, 9.17) is 4.74 Å². The van der Waals surface area contributed by atoms with Crippen LogP contribution in [0.15, 0.2) is 34.5 Å². The van der Waals surface area contributed by atoms with Gasteiger partial charge >= 0.3 is 0 Å². The molecule has 0 aliphatic carbocycles. The van der Waals surface area contributed by atoms with Crippen LogP contribution in [0.25, 0.3) is 0 Å². The summed E-state index contributed by atoms with van der Waals surface area (Å²) >= 11 is 1.24. The summed E-state index contributed by atoms with van der Waals surface area (Å²) in [6, 6.07) is 6.75. The van der Waals surface area contributed by atoms with Gasteiger partial charge in [0.1, 0.15) is 11.5 Å². The Morgan fingerprint density at radius 2 is 1.96 bits per heavy atom. The second-order valence-electron chi connectivity index (χ2n) is 5.34. The third kappa shape index (κ3) is 5.46. The van der Waals surface area contributed by atoms with E-state index in [1.54, 1.807) is 19.1 Å². The number of hydrogen-bond donors (Lipinski definition) is 2. The molecule has 0 radical (unpaired) electrons. The number of rotatable bonds is 6. The topological polar surface area (TPSA) is 96.7 Å². The summed E-state index contributed by atoms with van der Waals surface area (Å²) in [5, 5.41) is 14.5. The minimum atomic E-state index is -0.278. The van der Waals surface area contributed by atoms with Crippen LogP contribution in [0.5, 0.6) is 11.5 Å². The second-order valence-corrected chi connectivity index (χ2v) is 6.28. The Bertz CT molecular complexity index is 788. The minimum absolute atomic E-state index is 0.0351. The maximum absolute atomic E-state index is 11.9. The minimum Gasteiger partial charge on any atom is -0.507 e. The number of carbonyl (C=O) groups excluding carboxylic acids is 1. The molecule has 2 rings (SSSR count). The Morgan fingerprint density at radius 1 is 1.28 bits per heavy atom. The lowest BCUT2D eigenvalue weighted by Gasteiger charge is -2.07. The van der Waals surface area contributed by atoms with Crippen LogP contribution in [0.2, 0.25) is 0 Å². The van der Waals surface area contributed by atoms with Crippen molar-refractivity contribution < 1.29 is 14.6 Å². The summed E-state index contributed by atoms with van der Waals surface area (Å²) in [6.07, 6.45) is 0. The van der Waals surface area contributed by atoms with Crippen molar-refractivity contribution in [1.82, 2.24) is 15.4 Å². The van der Waals surface area contributed by atoms with Gasteiger partial charge in [-0.15, -0.1) is 0 Å². The molecule has 1 aromatic carbocycles. The van der Waals surface area contributed by atoms with E-state index < -0.39 is 0 Å². The molecule has 7 nitrogen and oxygen atoms in total. The molecular formula is C17H20N4O3S. The van der Waals surface area contributed by atoms with Gasteiger partial charge in [-0.05, 0) is 39.0 Å². The van der Waals surface area contributed by atoms with Crippen LogP contribution in [0.3, 0.4) is 0 Å². The highest BCUT2D eigenvalue weighted by Crippen LogP contribution is 2.23. The van der Waals surface area contributed by atoms with E-state index in [9.17, 15) is 9.90 Å². The van der Waals surface area contributed by atoms with Gasteiger partial charge in [0.2, 0.25) is 0 Å². The zero-order valence-electron chi connectivity index (χ0n) is 14.5. The van der Waals surface area contributed by atoms with Gasteiger partial charge in [-0.3, -0.25) is 4.79 Å². The average Bonchev–Trinajstić information content (AvgIpc) is 2.56. The number of methoxy groups -OCH3 is 1. The number of thioether (sulfide) groups is 1. The standard InChI is InChI=1S/C17H20N4O3S/c1-10-7-11(2)19-17(18-10)25-9-16(23)21-20-12(3)14-6-5-13(24-4)8-15(14)22/h5-8,22H,9H2,1-4H3,(H,21,23)/b20-12+. The van der Waals surface area contributed by atoms with Crippen LogP contribution in [0.1, 0.15) is 23.9 Å².